The van der Waals surface area contributed by atoms with Crippen LogP contribution in [0.2, 0.25) is 0 Å². The zero-order valence-electron chi connectivity index (χ0n) is 15.2. The van der Waals surface area contributed by atoms with Gasteiger partial charge in [-0.1, -0.05) is 24.3 Å². The molecule has 0 unspecified atom stereocenters. The van der Waals surface area contributed by atoms with Gasteiger partial charge in [0.15, 0.2) is 10.6 Å². The monoisotopic (exact) mass is 408 g/mol. The number of methoxy groups -OCH3 is 1. The zero-order chi connectivity index (χ0) is 20.2. The minimum Gasteiger partial charge on any atom is -0.494 e. The van der Waals surface area contributed by atoms with Crippen molar-refractivity contribution in [2.45, 2.75) is 0 Å². The summed E-state index contributed by atoms with van der Waals surface area (Å²) in [7, 11) is 1.46. The fourth-order valence-corrected chi connectivity index (χ4v) is 3.69. The molecule has 0 saturated carbocycles. The molecule has 0 fully saturated rings. The van der Waals surface area contributed by atoms with Gasteiger partial charge in [-0.3, -0.25) is 25.5 Å². The highest BCUT2D eigenvalue weighted by molar-refractivity contribution is 7.21. The Bertz CT molecular complexity index is 1160. The molecule has 29 heavy (non-hydrogen) atoms. The molecule has 2 amide bonds. The SMILES string of the molecule is COc1c(C(=O)NNc2ccccn2)sc2n[nH]c(NC(=O)c3ccccc3)c12. The van der Waals surface area contributed by atoms with Crippen LogP contribution < -0.4 is 20.9 Å². The molecule has 1 aromatic carbocycles. The van der Waals surface area contributed by atoms with Gasteiger partial charge in [-0.25, -0.2) is 4.98 Å². The maximum absolute atomic E-state index is 12.6. The molecule has 0 saturated heterocycles. The highest BCUT2D eigenvalue weighted by Crippen LogP contribution is 2.40. The smallest absolute Gasteiger partial charge is 0.283 e. The van der Waals surface area contributed by atoms with Crippen molar-refractivity contribution in [3.05, 3.63) is 65.2 Å². The van der Waals surface area contributed by atoms with Crippen molar-refractivity contribution < 1.29 is 14.3 Å². The number of nitrogens with zero attached hydrogens (tertiary/aromatic N) is 2. The molecule has 0 spiro atoms. The first-order chi connectivity index (χ1) is 14.2. The van der Waals surface area contributed by atoms with Crippen molar-refractivity contribution in [2.24, 2.45) is 0 Å². The first-order valence-corrected chi connectivity index (χ1v) is 9.37. The number of carbonyl (C=O) groups is 2. The summed E-state index contributed by atoms with van der Waals surface area (Å²) in [6.45, 7) is 0. The minimum atomic E-state index is -0.407. The van der Waals surface area contributed by atoms with Gasteiger partial charge in [0.2, 0.25) is 0 Å². The van der Waals surface area contributed by atoms with E-state index in [9.17, 15) is 9.59 Å². The number of nitrogens with one attached hydrogen (secondary N) is 4. The molecule has 4 N–H and O–H groups in total. The molecule has 0 aliphatic carbocycles. The summed E-state index contributed by atoms with van der Waals surface area (Å²) in [6, 6.07) is 14.1. The summed E-state index contributed by atoms with van der Waals surface area (Å²) >= 11 is 1.14. The number of ether oxygens (including phenoxy) is 1. The number of aromatic amines is 1. The summed E-state index contributed by atoms with van der Waals surface area (Å²) in [6.07, 6.45) is 1.61. The number of thiophene rings is 1. The van der Waals surface area contributed by atoms with Crippen LogP contribution >= 0.6 is 11.3 Å². The van der Waals surface area contributed by atoms with Gasteiger partial charge in [-0.15, -0.1) is 11.3 Å². The fourth-order valence-electron chi connectivity index (χ4n) is 2.69. The Hall–Kier alpha value is -3.92. The van der Waals surface area contributed by atoms with Gasteiger partial charge in [-0.05, 0) is 24.3 Å². The summed E-state index contributed by atoms with van der Waals surface area (Å²) < 4.78 is 5.45. The van der Waals surface area contributed by atoms with E-state index in [0.717, 1.165) is 11.3 Å². The molecule has 0 atom stereocenters. The lowest BCUT2D eigenvalue weighted by molar-refractivity contribution is 0.0963. The number of rotatable bonds is 6. The molecular formula is C19H16N6O3S. The van der Waals surface area contributed by atoms with E-state index >= 15 is 0 Å². The van der Waals surface area contributed by atoms with Crippen molar-refractivity contribution in [2.75, 3.05) is 17.9 Å². The van der Waals surface area contributed by atoms with E-state index in [-0.39, 0.29) is 5.91 Å². The number of hydrogen-bond donors (Lipinski definition) is 4. The Morgan fingerprint density at radius 2 is 1.86 bits per heavy atom. The lowest BCUT2D eigenvalue weighted by Gasteiger charge is -2.08. The third-order valence-electron chi connectivity index (χ3n) is 4.02. The van der Waals surface area contributed by atoms with Gasteiger partial charge < -0.3 is 10.1 Å². The molecule has 0 bridgehead atoms. The number of anilines is 2. The van der Waals surface area contributed by atoms with Crippen molar-refractivity contribution in [1.82, 2.24) is 20.6 Å². The molecule has 10 heteroatoms. The maximum Gasteiger partial charge on any atom is 0.283 e. The average molecular weight is 408 g/mol. The van der Waals surface area contributed by atoms with E-state index in [0.29, 0.717) is 38.0 Å². The summed E-state index contributed by atoms with van der Waals surface area (Å²) in [5.74, 6) is 0.474. The normalized spacial score (nSPS) is 10.5. The predicted octanol–water partition coefficient (Wildman–Crippen LogP) is 3.04. The Labute approximate surface area is 169 Å². The third kappa shape index (κ3) is 3.73. The molecule has 3 aromatic heterocycles. The van der Waals surface area contributed by atoms with Crippen molar-refractivity contribution in [3.8, 4) is 5.75 Å². The zero-order valence-corrected chi connectivity index (χ0v) is 16.0. The number of pyridine rings is 1. The van der Waals surface area contributed by atoms with Crippen LogP contribution in [0.4, 0.5) is 11.6 Å². The Kier molecular flexibility index (Phi) is 5.08. The Morgan fingerprint density at radius 1 is 1.07 bits per heavy atom. The Balaban J connectivity index is 1.58. The van der Waals surface area contributed by atoms with Gasteiger partial charge in [0.25, 0.3) is 11.8 Å². The third-order valence-corrected chi connectivity index (χ3v) is 5.08. The molecule has 146 valence electrons. The number of carbonyl (C=O) groups excluding carboxylic acids is 2. The quantitative estimate of drug-likeness (QED) is 0.364. The molecule has 4 rings (SSSR count). The summed E-state index contributed by atoms with van der Waals surface area (Å²) in [4.78, 5) is 30.0. The van der Waals surface area contributed by atoms with E-state index < -0.39 is 5.91 Å². The second-order valence-corrected chi connectivity index (χ2v) is 6.86. The minimum absolute atomic E-state index is 0.299. The fraction of sp³-hybridized carbons (Fsp3) is 0.0526. The second kappa shape index (κ2) is 7.98. The van der Waals surface area contributed by atoms with Crippen LogP contribution in [-0.4, -0.2) is 34.1 Å². The van der Waals surface area contributed by atoms with Gasteiger partial charge in [0.05, 0.1) is 12.5 Å². The second-order valence-electron chi connectivity index (χ2n) is 5.86. The average Bonchev–Trinajstić information content (AvgIpc) is 3.33. The van der Waals surface area contributed by atoms with Crippen LogP contribution in [0, 0.1) is 0 Å². The first kappa shape index (κ1) is 18.4. The number of hydrazine groups is 1. The van der Waals surface area contributed by atoms with E-state index in [4.69, 9.17) is 4.74 Å². The van der Waals surface area contributed by atoms with Crippen LogP contribution in [0.5, 0.6) is 5.75 Å². The number of amides is 2. The van der Waals surface area contributed by atoms with E-state index in [1.54, 1.807) is 48.7 Å². The molecular weight excluding hydrogens is 392 g/mol. The van der Waals surface area contributed by atoms with Gasteiger partial charge in [0, 0.05) is 11.8 Å². The first-order valence-electron chi connectivity index (χ1n) is 8.56. The predicted molar refractivity (Wildman–Crippen MR) is 110 cm³/mol. The molecule has 0 radical (unpaired) electrons. The van der Waals surface area contributed by atoms with E-state index in [1.165, 1.54) is 7.11 Å². The highest BCUT2D eigenvalue weighted by Gasteiger charge is 2.25. The number of aromatic nitrogens is 3. The molecule has 9 nitrogen and oxygen atoms in total. The van der Waals surface area contributed by atoms with Crippen molar-refractivity contribution in [3.63, 3.8) is 0 Å². The van der Waals surface area contributed by atoms with Crippen LogP contribution in [0.3, 0.4) is 0 Å². The largest absolute Gasteiger partial charge is 0.494 e. The number of benzene rings is 1. The molecule has 0 aliphatic heterocycles. The lowest BCUT2D eigenvalue weighted by Crippen LogP contribution is -2.29. The topological polar surface area (TPSA) is 121 Å². The summed E-state index contributed by atoms with van der Waals surface area (Å²) in [5, 5.41) is 10.3. The van der Waals surface area contributed by atoms with Gasteiger partial charge in [-0.2, -0.15) is 5.10 Å². The van der Waals surface area contributed by atoms with E-state index in [2.05, 4.69) is 31.3 Å². The molecule has 0 aliphatic rings. The Morgan fingerprint density at radius 3 is 2.59 bits per heavy atom. The van der Waals surface area contributed by atoms with Crippen LogP contribution in [0.1, 0.15) is 20.0 Å². The van der Waals surface area contributed by atoms with Gasteiger partial charge >= 0.3 is 0 Å². The standard InChI is InChI=1S/C19H16N6O3S/c1-28-14-13-16(21-17(26)11-7-3-2-4-8-11)23-25-19(13)29-15(14)18(27)24-22-12-9-5-6-10-20-12/h2-10H,1H3,(H,20,22)(H,24,27)(H2,21,23,25,26). The van der Waals surface area contributed by atoms with Crippen molar-refractivity contribution >= 4 is 45.0 Å². The van der Waals surface area contributed by atoms with Crippen LogP contribution in [0.15, 0.2) is 54.7 Å². The van der Waals surface area contributed by atoms with Gasteiger partial charge in [0.1, 0.15) is 16.5 Å². The molecule has 4 aromatic rings. The highest BCUT2D eigenvalue weighted by atomic mass is 32.1. The number of hydrogen-bond acceptors (Lipinski definition) is 7. The van der Waals surface area contributed by atoms with E-state index in [1.807, 2.05) is 6.07 Å². The van der Waals surface area contributed by atoms with Crippen LogP contribution in [-0.2, 0) is 0 Å². The number of H-pyrrole nitrogens is 1. The molecule has 3 heterocycles. The number of fused-ring (bicyclic) bond motifs is 1. The van der Waals surface area contributed by atoms with Crippen LogP contribution in [0.25, 0.3) is 10.2 Å². The maximum atomic E-state index is 12.6. The van der Waals surface area contributed by atoms with Crippen molar-refractivity contribution in [1.29, 1.82) is 0 Å². The summed E-state index contributed by atoms with van der Waals surface area (Å²) in [5.41, 5.74) is 5.82. The lowest BCUT2D eigenvalue weighted by atomic mass is 10.2.